The maximum Gasteiger partial charge on any atom is 0.137 e. The zero-order valence-corrected chi connectivity index (χ0v) is 12.0. The van der Waals surface area contributed by atoms with E-state index in [1.807, 2.05) is 12.1 Å². The number of rotatable bonds is 3. The minimum atomic E-state index is 0.159. The highest BCUT2D eigenvalue weighted by Gasteiger charge is 2.36. The first kappa shape index (κ1) is 13.7. The minimum Gasteiger partial charge on any atom is -0.495 e. The van der Waals surface area contributed by atoms with Gasteiger partial charge in [-0.15, -0.1) is 0 Å². The molecule has 1 aliphatic heterocycles. The maximum absolute atomic E-state index is 6.15. The fourth-order valence-corrected chi connectivity index (χ4v) is 2.95. The van der Waals surface area contributed by atoms with Gasteiger partial charge in [0.2, 0.25) is 0 Å². The van der Waals surface area contributed by atoms with Crippen LogP contribution in [0.5, 0.6) is 5.75 Å². The number of hydrogen-bond acceptors (Lipinski definition) is 3. The summed E-state index contributed by atoms with van der Waals surface area (Å²) in [6, 6.07) is 6.22. The van der Waals surface area contributed by atoms with Crippen LogP contribution in [0.15, 0.2) is 18.2 Å². The monoisotopic (exact) mass is 268 g/mol. The molecule has 18 heavy (non-hydrogen) atoms. The molecule has 3 nitrogen and oxygen atoms in total. The summed E-state index contributed by atoms with van der Waals surface area (Å²) >= 11 is 6.15. The van der Waals surface area contributed by atoms with Crippen molar-refractivity contribution in [1.29, 1.82) is 0 Å². The SMILES string of the molecule is COc1ccc(CN2CC(N)CC2(C)C)cc1Cl. The summed E-state index contributed by atoms with van der Waals surface area (Å²) in [5, 5.41) is 0.663. The van der Waals surface area contributed by atoms with E-state index >= 15 is 0 Å². The molecule has 1 heterocycles. The number of nitrogens with zero attached hydrogens (tertiary/aromatic N) is 1. The molecule has 0 amide bonds. The van der Waals surface area contributed by atoms with Crippen LogP contribution in [0.3, 0.4) is 0 Å². The first-order chi connectivity index (χ1) is 8.42. The van der Waals surface area contributed by atoms with Crippen LogP contribution in [-0.4, -0.2) is 30.1 Å². The van der Waals surface area contributed by atoms with E-state index in [9.17, 15) is 0 Å². The van der Waals surface area contributed by atoms with Crippen LogP contribution in [0, 0.1) is 0 Å². The van der Waals surface area contributed by atoms with Crippen LogP contribution in [0.4, 0.5) is 0 Å². The van der Waals surface area contributed by atoms with Crippen molar-refractivity contribution in [2.24, 2.45) is 5.73 Å². The standard InChI is InChI=1S/C14H21ClN2O/c1-14(2)7-11(16)9-17(14)8-10-4-5-13(18-3)12(15)6-10/h4-6,11H,7-9,16H2,1-3H3. The Morgan fingerprint density at radius 2 is 2.22 bits per heavy atom. The van der Waals surface area contributed by atoms with Gasteiger partial charge in [-0.25, -0.2) is 0 Å². The van der Waals surface area contributed by atoms with Crippen LogP contribution >= 0.6 is 11.6 Å². The number of methoxy groups -OCH3 is 1. The zero-order valence-electron chi connectivity index (χ0n) is 11.2. The third-order valence-corrected chi connectivity index (χ3v) is 3.96. The predicted molar refractivity (Wildman–Crippen MR) is 75.1 cm³/mol. The van der Waals surface area contributed by atoms with E-state index in [4.69, 9.17) is 22.1 Å². The van der Waals surface area contributed by atoms with Crippen molar-refractivity contribution < 1.29 is 4.74 Å². The van der Waals surface area contributed by atoms with Crippen molar-refractivity contribution in [1.82, 2.24) is 4.90 Å². The van der Waals surface area contributed by atoms with E-state index in [0.29, 0.717) is 5.02 Å². The largest absolute Gasteiger partial charge is 0.495 e. The van der Waals surface area contributed by atoms with Gasteiger partial charge in [0.15, 0.2) is 0 Å². The molecule has 0 saturated carbocycles. The van der Waals surface area contributed by atoms with E-state index in [0.717, 1.165) is 25.3 Å². The molecule has 2 N–H and O–H groups in total. The second-order valence-electron chi connectivity index (χ2n) is 5.63. The topological polar surface area (TPSA) is 38.5 Å². The van der Waals surface area contributed by atoms with Gasteiger partial charge in [0.1, 0.15) is 5.75 Å². The molecule has 1 atom stereocenters. The summed E-state index contributed by atoms with van der Waals surface area (Å²) in [6.07, 6.45) is 1.04. The van der Waals surface area contributed by atoms with Crippen molar-refractivity contribution in [3.63, 3.8) is 0 Å². The van der Waals surface area contributed by atoms with Gasteiger partial charge < -0.3 is 10.5 Å². The average molecular weight is 269 g/mol. The summed E-state index contributed by atoms with van der Waals surface area (Å²) in [5.74, 6) is 0.720. The number of likely N-dealkylation sites (tertiary alicyclic amines) is 1. The van der Waals surface area contributed by atoms with Crippen molar-refractivity contribution in [2.75, 3.05) is 13.7 Å². The highest BCUT2D eigenvalue weighted by atomic mass is 35.5. The molecule has 100 valence electrons. The van der Waals surface area contributed by atoms with Gasteiger partial charge in [0.25, 0.3) is 0 Å². The Morgan fingerprint density at radius 3 is 2.72 bits per heavy atom. The fourth-order valence-electron chi connectivity index (χ4n) is 2.67. The molecule has 1 fully saturated rings. The number of nitrogens with two attached hydrogens (primary N) is 1. The average Bonchev–Trinajstić information content (AvgIpc) is 2.52. The maximum atomic E-state index is 6.15. The molecule has 0 spiro atoms. The van der Waals surface area contributed by atoms with Crippen LogP contribution in [-0.2, 0) is 6.54 Å². The van der Waals surface area contributed by atoms with Crippen molar-refractivity contribution in [3.05, 3.63) is 28.8 Å². The van der Waals surface area contributed by atoms with Crippen LogP contribution in [0.25, 0.3) is 0 Å². The summed E-state index contributed by atoms with van der Waals surface area (Å²) in [6.45, 7) is 6.30. The Hall–Kier alpha value is -0.770. The van der Waals surface area contributed by atoms with Crippen LogP contribution < -0.4 is 10.5 Å². The quantitative estimate of drug-likeness (QED) is 0.916. The van der Waals surface area contributed by atoms with E-state index < -0.39 is 0 Å². The lowest BCUT2D eigenvalue weighted by molar-refractivity contribution is 0.166. The minimum absolute atomic E-state index is 0.159. The molecule has 1 saturated heterocycles. The molecule has 1 aromatic carbocycles. The number of benzene rings is 1. The first-order valence-corrected chi connectivity index (χ1v) is 6.63. The second-order valence-corrected chi connectivity index (χ2v) is 6.03. The molecule has 1 aliphatic rings. The Labute approximate surface area is 114 Å². The van der Waals surface area contributed by atoms with Crippen LogP contribution in [0.2, 0.25) is 5.02 Å². The molecule has 0 aliphatic carbocycles. The summed E-state index contributed by atoms with van der Waals surface area (Å²) in [5.41, 5.74) is 7.40. The number of ether oxygens (including phenoxy) is 1. The second kappa shape index (κ2) is 5.08. The molecule has 0 radical (unpaired) electrons. The fraction of sp³-hybridized carbons (Fsp3) is 0.571. The summed E-state index contributed by atoms with van der Waals surface area (Å²) in [4.78, 5) is 2.41. The molecular formula is C14H21ClN2O. The summed E-state index contributed by atoms with van der Waals surface area (Å²) in [7, 11) is 1.63. The molecule has 1 aromatic rings. The molecule has 0 aromatic heterocycles. The third-order valence-electron chi connectivity index (χ3n) is 3.66. The van der Waals surface area contributed by atoms with E-state index in [1.165, 1.54) is 5.56 Å². The van der Waals surface area contributed by atoms with Gasteiger partial charge >= 0.3 is 0 Å². The Morgan fingerprint density at radius 1 is 1.50 bits per heavy atom. The van der Waals surface area contributed by atoms with E-state index in [-0.39, 0.29) is 11.6 Å². The van der Waals surface area contributed by atoms with Crippen molar-refractivity contribution >= 4 is 11.6 Å². The molecule has 0 bridgehead atoms. The van der Waals surface area contributed by atoms with E-state index in [2.05, 4.69) is 24.8 Å². The Balaban J connectivity index is 2.12. The molecule has 4 heteroatoms. The predicted octanol–water partition coefficient (Wildman–Crippen LogP) is 2.66. The normalized spacial score (nSPS) is 23.3. The molecule has 1 unspecified atom stereocenters. The highest BCUT2D eigenvalue weighted by Crippen LogP contribution is 2.31. The van der Waals surface area contributed by atoms with Gasteiger partial charge in [-0.2, -0.15) is 0 Å². The highest BCUT2D eigenvalue weighted by molar-refractivity contribution is 6.32. The molecular weight excluding hydrogens is 248 g/mol. The Kier molecular flexibility index (Phi) is 3.85. The van der Waals surface area contributed by atoms with Gasteiger partial charge in [0, 0.05) is 24.7 Å². The summed E-state index contributed by atoms with van der Waals surface area (Å²) < 4.78 is 5.16. The van der Waals surface area contributed by atoms with Crippen molar-refractivity contribution in [2.45, 2.75) is 38.4 Å². The van der Waals surface area contributed by atoms with Gasteiger partial charge in [-0.3, -0.25) is 4.90 Å². The zero-order chi connectivity index (χ0) is 13.3. The smallest absolute Gasteiger partial charge is 0.137 e. The third kappa shape index (κ3) is 2.79. The van der Waals surface area contributed by atoms with Crippen LogP contribution in [0.1, 0.15) is 25.8 Å². The lowest BCUT2D eigenvalue weighted by Gasteiger charge is -2.31. The number of hydrogen-bond donors (Lipinski definition) is 1. The molecule has 2 rings (SSSR count). The van der Waals surface area contributed by atoms with Gasteiger partial charge in [0.05, 0.1) is 12.1 Å². The lowest BCUT2D eigenvalue weighted by Crippen LogP contribution is -2.37. The van der Waals surface area contributed by atoms with Crippen molar-refractivity contribution in [3.8, 4) is 5.75 Å². The first-order valence-electron chi connectivity index (χ1n) is 6.25. The Bertz CT molecular complexity index is 434. The lowest BCUT2D eigenvalue weighted by atomic mass is 10.00. The van der Waals surface area contributed by atoms with E-state index in [1.54, 1.807) is 7.11 Å². The number of halogens is 1. The van der Waals surface area contributed by atoms with Gasteiger partial charge in [-0.1, -0.05) is 17.7 Å². The van der Waals surface area contributed by atoms with Gasteiger partial charge in [-0.05, 0) is 38.0 Å².